The summed E-state index contributed by atoms with van der Waals surface area (Å²) in [6, 6.07) is 4.14. The number of aromatic nitrogens is 3. The zero-order valence-corrected chi connectivity index (χ0v) is 12.6. The van der Waals surface area contributed by atoms with E-state index < -0.39 is 0 Å². The summed E-state index contributed by atoms with van der Waals surface area (Å²) in [5, 5.41) is 4.51. The van der Waals surface area contributed by atoms with Gasteiger partial charge in [-0.15, -0.1) is 0 Å². The van der Waals surface area contributed by atoms with Crippen LogP contribution in [0, 0.1) is 13.8 Å². The van der Waals surface area contributed by atoms with Gasteiger partial charge in [0.2, 0.25) is 0 Å². The Kier molecular flexibility index (Phi) is 3.30. The summed E-state index contributed by atoms with van der Waals surface area (Å²) in [6.07, 6.45) is 4.50. The first-order valence-electron chi connectivity index (χ1n) is 6.92. The van der Waals surface area contributed by atoms with E-state index in [2.05, 4.69) is 11.2 Å². The zero-order chi connectivity index (χ0) is 14.3. The van der Waals surface area contributed by atoms with Gasteiger partial charge in [-0.2, -0.15) is 5.10 Å². The van der Waals surface area contributed by atoms with Crippen LogP contribution in [-0.2, 0) is 12.8 Å². The Balaban J connectivity index is 2.22. The third-order valence-electron chi connectivity index (χ3n) is 3.76. The van der Waals surface area contributed by atoms with Gasteiger partial charge >= 0.3 is 0 Å². The first kappa shape index (κ1) is 13.2. The number of nitrogens with zero attached hydrogens (tertiary/aromatic N) is 3. The average molecular weight is 286 g/mol. The molecule has 0 radical (unpaired) electrons. The predicted octanol–water partition coefficient (Wildman–Crippen LogP) is 2.40. The number of nitrogens with two attached hydrogens (primary N) is 1. The Morgan fingerprint density at radius 2 is 2.00 bits per heavy atom. The summed E-state index contributed by atoms with van der Waals surface area (Å²) in [5.41, 5.74) is 11.2. The quantitative estimate of drug-likeness (QED) is 0.861. The topological polar surface area (TPSA) is 56.7 Å². The molecule has 0 saturated heterocycles. The largest absolute Gasteiger partial charge is 0.389 e. The molecule has 0 unspecified atom stereocenters. The molecule has 0 aromatic carbocycles. The van der Waals surface area contributed by atoms with Crippen LogP contribution in [0.25, 0.3) is 5.82 Å². The van der Waals surface area contributed by atoms with E-state index in [4.69, 9.17) is 22.9 Å². The SMILES string of the molecule is Cc1cc(C)n(-c2nc3c(cc2C(N)=S)CCCC3)n1. The second-order valence-corrected chi connectivity index (χ2v) is 5.82. The Labute approximate surface area is 124 Å². The Morgan fingerprint density at radius 3 is 2.65 bits per heavy atom. The van der Waals surface area contributed by atoms with Crippen LogP contribution in [0.15, 0.2) is 12.1 Å². The van der Waals surface area contributed by atoms with E-state index in [0.29, 0.717) is 4.99 Å². The van der Waals surface area contributed by atoms with E-state index >= 15 is 0 Å². The van der Waals surface area contributed by atoms with Gasteiger partial charge in [0.1, 0.15) is 4.99 Å². The molecule has 0 amide bonds. The Bertz CT molecular complexity index is 687. The summed E-state index contributed by atoms with van der Waals surface area (Å²) in [5.74, 6) is 0.767. The lowest BCUT2D eigenvalue weighted by Gasteiger charge is -2.18. The summed E-state index contributed by atoms with van der Waals surface area (Å²) in [6.45, 7) is 3.99. The van der Waals surface area contributed by atoms with Crippen LogP contribution in [0.1, 0.15) is 41.1 Å². The van der Waals surface area contributed by atoms with Crippen molar-refractivity contribution >= 4 is 17.2 Å². The minimum Gasteiger partial charge on any atom is -0.389 e. The molecule has 2 aromatic heterocycles. The van der Waals surface area contributed by atoms with Crippen molar-refractivity contribution in [2.45, 2.75) is 39.5 Å². The van der Waals surface area contributed by atoms with Crippen LogP contribution in [0.4, 0.5) is 0 Å². The van der Waals surface area contributed by atoms with Crippen molar-refractivity contribution in [1.29, 1.82) is 0 Å². The molecule has 2 aromatic rings. The molecule has 0 aliphatic heterocycles. The minimum atomic E-state index is 0.383. The van der Waals surface area contributed by atoms with Crippen molar-refractivity contribution in [2.75, 3.05) is 0 Å². The molecule has 2 N–H and O–H groups in total. The zero-order valence-electron chi connectivity index (χ0n) is 11.8. The molecule has 0 bridgehead atoms. The Morgan fingerprint density at radius 1 is 1.25 bits per heavy atom. The van der Waals surface area contributed by atoms with Crippen LogP contribution in [0.5, 0.6) is 0 Å². The number of thiocarbonyl (C=S) groups is 1. The second kappa shape index (κ2) is 4.98. The number of fused-ring (bicyclic) bond motifs is 1. The predicted molar refractivity (Wildman–Crippen MR) is 83.4 cm³/mol. The van der Waals surface area contributed by atoms with Gasteiger partial charge in [-0.25, -0.2) is 9.67 Å². The third kappa shape index (κ3) is 2.22. The van der Waals surface area contributed by atoms with Gasteiger partial charge in [0.05, 0.1) is 11.3 Å². The number of hydrogen-bond acceptors (Lipinski definition) is 3. The van der Waals surface area contributed by atoms with Crippen molar-refractivity contribution < 1.29 is 0 Å². The normalized spacial score (nSPS) is 14.1. The smallest absolute Gasteiger partial charge is 0.164 e. The lowest BCUT2D eigenvalue weighted by Crippen LogP contribution is -2.19. The monoisotopic (exact) mass is 286 g/mol. The molecular formula is C15H18N4S. The van der Waals surface area contributed by atoms with E-state index in [1.165, 1.54) is 24.1 Å². The maximum absolute atomic E-state index is 5.89. The van der Waals surface area contributed by atoms with Crippen LogP contribution >= 0.6 is 12.2 Å². The van der Waals surface area contributed by atoms with Crippen LogP contribution in [-0.4, -0.2) is 19.8 Å². The fraction of sp³-hybridized carbons (Fsp3) is 0.400. The third-order valence-corrected chi connectivity index (χ3v) is 3.98. The maximum Gasteiger partial charge on any atom is 0.164 e. The van der Waals surface area contributed by atoms with Crippen LogP contribution < -0.4 is 5.73 Å². The molecule has 0 saturated carbocycles. The lowest BCUT2D eigenvalue weighted by molar-refractivity contribution is 0.660. The van der Waals surface area contributed by atoms with Gasteiger partial charge in [-0.1, -0.05) is 12.2 Å². The molecule has 5 heteroatoms. The number of aryl methyl sites for hydroxylation is 4. The molecule has 0 spiro atoms. The summed E-state index contributed by atoms with van der Waals surface area (Å²) in [4.78, 5) is 5.19. The molecule has 20 heavy (non-hydrogen) atoms. The highest BCUT2D eigenvalue weighted by Crippen LogP contribution is 2.24. The van der Waals surface area contributed by atoms with E-state index in [1.54, 1.807) is 0 Å². The highest BCUT2D eigenvalue weighted by atomic mass is 32.1. The van der Waals surface area contributed by atoms with Gasteiger partial charge in [-0.3, -0.25) is 0 Å². The van der Waals surface area contributed by atoms with Crippen LogP contribution in [0.3, 0.4) is 0 Å². The van der Waals surface area contributed by atoms with E-state index in [-0.39, 0.29) is 0 Å². The summed E-state index contributed by atoms with van der Waals surface area (Å²) >= 11 is 5.20. The van der Waals surface area contributed by atoms with Crippen molar-refractivity contribution in [3.05, 3.63) is 40.3 Å². The first-order valence-corrected chi connectivity index (χ1v) is 7.33. The number of rotatable bonds is 2. The summed E-state index contributed by atoms with van der Waals surface area (Å²) < 4.78 is 1.85. The van der Waals surface area contributed by atoms with Gasteiger partial charge < -0.3 is 5.73 Å². The van der Waals surface area contributed by atoms with Gasteiger partial charge in [0, 0.05) is 11.4 Å². The van der Waals surface area contributed by atoms with E-state index in [0.717, 1.165) is 35.6 Å². The number of pyridine rings is 1. The molecule has 4 nitrogen and oxygen atoms in total. The van der Waals surface area contributed by atoms with E-state index in [9.17, 15) is 0 Å². The second-order valence-electron chi connectivity index (χ2n) is 5.38. The molecule has 1 aliphatic rings. The Hall–Kier alpha value is -1.75. The van der Waals surface area contributed by atoms with Crippen molar-refractivity contribution in [3.63, 3.8) is 0 Å². The van der Waals surface area contributed by atoms with Crippen LogP contribution in [0.2, 0.25) is 0 Å². The molecule has 3 rings (SSSR count). The van der Waals surface area contributed by atoms with Crippen molar-refractivity contribution in [1.82, 2.24) is 14.8 Å². The van der Waals surface area contributed by atoms with Gasteiger partial charge in [0.25, 0.3) is 0 Å². The standard InChI is InChI=1S/C15H18N4S/c1-9-7-10(2)19(18-9)15-12(14(16)20)8-11-5-3-4-6-13(11)17-15/h7-8H,3-6H2,1-2H3,(H2,16,20). The first-order chi connectivity index (χ1) is 9.56. The minimum absolute atomic E-state index is 0.383. The molecule has 0 atom stereocenters. The maximum atomic E-state index is 5.89. The molecule has 1 aliphatic carbocycles. The molecule has 2 heterocycles. The van der Waals surface area contributed by atoms with E-state index in [1.807, 2.05) is 24.6 Å². The molecular weight excluding hydrogens is 268 g/mol. The number of hydrogen-bond donors (Lipinski definition) is 1. The highest BCUT2D eigenvalue weighted by molar-refractivity contribution is 7.80. The molecule has 104 valence electrons. The van der Waals surface area contributed by atoms with Crippen molar-refractivity contribution in [3.8, 4) is 5.82 Å². The fourth-order valence-corrected chi connectivity index (χ4v) is 2.96. The van der Waals surface area contributed by atoms with Crippen molar-refractivity contribution in [2.24, 2.45) is 5.73 Å². The fourth-order valence-electron chi connectivity index (χ4n) is 2.81. The van der Waals surface area contributed by atoms with Gasteiger partial charge in [0.15, 0.2) is 5.82 Å². The highest BCUT2D eigenvalue weighted by Gasteiger charge is 2.19. The lowest BCUT2D eigenvalue weighted by atomic mass is 9.94. The van der Waals surface area contributed by atoms with Gasteiger partial charge in [-0.05, 0) is 57.2 Å². The molecule has 0 fully saturated rings. The average Bonchev–Trinajstić information content (AvgIpc) is 2.76. The summed E-state index contributed by atoms with van der Waals surface area (Å²) in [7, 11) is 0.